The first kappa shape index (κ1) is 16.9. The number of hydrogen-bond acceptors (Lipinski definition) is 4. The quantitative estimate of drug-likeness (QED) is 0.759. The fraction of sp³-hybridized carbons (Fsp3) is 0.429. The topological polar surface area (TPSA) is 88.1 Å². The molecule has 0 atom stereocenters. The third-order valence-electron chi connectivity index (χ3n) is 2.82. The van der Waals surface area contributed by atoms with Gasteiger partial charge in [-0.25, -0.2) is 9.59 Å². The van der Waals surface area contributed by atoms with Gasteiger partial charge in [-0.1, -0.05) is 12.1 Å². The number of rotatable bonds is 8. The van der Waals surface area contributed by atoms with Crippen molar-refractivity contribution in [1.82, 2.24) is 4.90 Å². The second-order valence-corrected chi connectivity index (χ2v) is 4.25. The van der Waals surface area contributed by atoms with Crippen LogP contribution in [0.3, 0.4) is 0 Å². The molecule has 0 aliphatic heterocycles. The molecule has 7 nitrogen and oxygen atoms in total. The van der Waals surface area contributed by atoms with Crippen LogP contribution in [-0.4, -0.2) is 62.5 Å². The maximum atomic E-state index is 12.2. The van der Waals surface area contributed by atoms with Crippen LogP contribution in [0.5, 0.6) is 0 Å². The molecule has 1 aromatic rings. The number of hydrogen-bond donors (Lipinski definition) is 2. The van der Waals surface area contributed by atoms with Gasteiger partial charge < -0.3 is 24.8 Å². The number of anilines is 1. The summed E-state index contributed by atoms with van der Waals surface area (Å²) in [4.78, 5) is 24.8. The third-order valence-corrected chi connectivity index (χ3v) is 2.82. The van der Waals surface area contributed by atoms with Crippen molar-refractivity contribution in [3.05, 3.63) is 29.8 Å². The zero-order valence-electron chi connectivity index (χ0n) is 12.2. The number of carbonyl (C=O) groups is 2. The molecule has 0 aliphatic carbocycles. The molecular formula is C14H20N2O5. The highest BCUT2D eigenvalue weighted by Crippen LogP contribution is 2.15. The van der Waals surface area contributed by atoms with Crippen LogP contribution in [0.4, 0.5) is 10.5 Å². The zero-order valence-corrected chi connectivity index (χ0v) is 12.2. The summed E-state index contributed by atoms with van der Waals surface area (Å²) in [6.07, 6.45) is 0. The Labute approximate surface area is 123 Å². The Hall–Kier alpha value is -2.12. The molecule has 0 saturated heterocycles. The van der Waals surface area contributed by atoms with Gasteiger partial charge in [0.15, 0.2) is 0 Å². The van der Waals surface area contributed by atoms with E-state index in [0.717, 1.165) is 0 Å². The summed E-state index contributed by atoms with van der Waals surface area (Å²) in [7, 11) is 3.10. The number of aromatic carboxylic acids is 1. The minimum Gasteiger partial charge on any atom is -0.478 e. The summed E-state index contributed by atoms with van der Waals surface area (Å²) >= 11 is 0. The summed E-state index contributed by atoms with van der Waals surface area (Å²) in [5, 5.41) is 11.7. The number of ether oxygens (including phenoxy) is 2. The van der Waals surface area contributed by atoms with Crippen molar-refractivity contribution in [3.8, 4) is 0 Å². The fourth-order valence-electron chi connectivity index (χ4n) is 1.69. The number of nitrogens with one attached hydrogen (secondary N) is 1. The van der Waals surface area contributed by atoms with Crippen molar-refractivity contribution in [1.29, 1.82) is 0 Å². The first-order valence-electron chi connectivity index (χ1n) is 6.46. The molecule has 21 heavy (non-hydrogen) atoms. The molecule has 0 aliphatic rings. The molecule has 0 radical (unpaired) electrons. The highest BCUT2D eigenvalue weighted by molar-refractivity contribution is 5.99. The van der Waals surface area contributed by atoms with Crippen molar-refractivity contribution in [3.63, 3.8) is 0 Å². The summed E-state index contributed by atoms with van der Waals surface area (Å²) in [5.74, 6) is -1.09. The molecule has 116 valence electrons. The van der Waals surface area contributed by atoms with Gasteiger partial charge in [-0.3, -0.25) is 0 Å². The van der Waals surface area contributed by atoms with Gasteiger partial charge in [0.2, 0.25) is 0 Å². The van der Waals surface area contributed by atoms with Crippen LogP contribution in [0.2, 0.25) is 0 Å². The molecule has 0 unspecified atom stereocenters. The number of nitrogens with zero attached hydrogens (tertiary/aromatic N) is 1. The third kappa shape index (κ3) is 5.41. The maximum Gasteiger partial charge on any atom is 0.337 e. The van der Waals surface area contributed by atoms with Crippen LogP contribution in [0.1, 0.15) is 10.4 Å². The molecular weight excluding hydrogens is 276 g/mol. The number of carboxylic acid groups (broad SMARTS) is 1. The van der Waals surface area contributed by atoms with Crippen LogP contribution in [-0.2, 0) is 9.47 Å². The van der Waals surface area contributed by atoms with E-state index >= 15 is 0 Å². The average molecular weight is 296 g/mol. The van der Waals surface area contributed by atoms with E-state index in [-0.39, 0.29) is 11.3 Å². The Morgan fingerprint density at radius 3 is 2.24 bits per heavy atom. The molecule has 0 aromatic heterocycles. The van der Waals surface area contributed by atoms with Crippen molar-refractivity contribution >= 4 is 17.7 Å². The lowest BCUT2D eigenvalue weighted by Crippen LogP contribution is -2.39. The normalized spacial score (nSPS) is 10.2. The van der Waals surface area contributed by atoms with E-state index in [1.807, 2.05) is 0 Å². The maximum absolute atomic E-state index is 12.2. The Morgan fingerprint density at radius 1 is 1.14 bits per heavy atom. The van der Waals surface area contributed by atoms with Crippen LogP contribution < -0.4 is 5.32 Å². The smallest absolute Gasteiger partial charge is 0.337 e. The van der Waals surface area contributed by atoms with E-state index in [4.69, 9.17) is 14.6 Å². The predicted octanol–water partition coefficient (Wildman–Crippen LogP) is 1.51. The Bertz CT molecular complexity index is 470. The molecule has 2 amide bonds. The SMILES string of the molecule is COCCN(CCOC)C(=O)Nc1ccccc1C(=O)O. The number of carboxylic acids is 1. The van der Waals surface area contributed by atoms with E-state index in [0.29, 0.717) is 26.3 Å². The minimum atomic E-state index is -1.09. The Kier molecular flexibility index (Phi) is 7.20. The molecule has 1 aromatic carbocycles. The van der Waals surface area contributed by atoms with Gasteiger partial charge in [-0.05, 0) is 12.1 Å². The number of para-hydroxylation sites is 1. The average Bonchev–Trinajstić information content (AvgIpc) is 2.47. The highest BCUT2D eigenvalue weighted by Gasteiger charge is 2.16. The van der Waals surface area contributed by atoms with Crippen LogP contribution in [0, 0.1) is 0 Å². The van der Waals surface area contributed by atoms with Crippen molar-refractivity contribution in [2.75, 3.05) is 45.8 Å². The Balaban J connectivity index is 2.78. The number of methoxy groups -OCH3 is 2. The zero-order chi connectivity index (χ0) is 15.7. The second-order valence-electron chi connectivity index (χ2n) is 4.25. The fourth-order valence-corrected chi connectivity index (χ4v) is 1.69. The number of amides is 2. The molecule has 1 rings (SSSR count). The molecule has 0 saturated carbocycles. The first-order chi connectivity index (χ1) is 10.1. The lowest BCUT2D eigenvalue weighted by molar-refractivity contribution is 0.0698. The van der Waals surface area contributed by atoms with E-state index < -0.39 is 12.0 Å². The first-order valence-corrected chi connectivity index (χ1v) is 6.46. The van der Waals surface area contributed by atoms with E-state index in [2.05, 4.69) is 5.32 Å². The number of carbonyl (C=O) groups excluding carboxylic acids is 1. The van der Waals surface area contributed by atoms with Gasteiger partial charge in [0.25, 0.3) is 0 Å². The van der Waals surface area contributed by atoms with Gasteiger partial charge in [0.05, 0.1) is 24.5 Å². The van der Waals surface area contributed by atoms with Gasteiger partial charge in [0.1, 0.15) is 0 Å². The second kappa shape index (κ2) is 8.93. The minimum absolute atomic E-state index is 0.0456. The molecule has 2 N–H and O–H groups in total. The van der Waals surface area contributed by atoms with E-state index in [1.54, 1.807) is 32.4 Å². The number of benzene rings is 1. The summed E-state index contributed by atoms with van der Waals surface area (Å²) in [6, 6.07) is 5.86. The van der Waals surface area contributed by atoms with Gasteiger partial charge in [-0.2, -0.15) is 0 Å². The standard InChI is InChI=1S/C14H20N2O5/c1-20-9-7-16(8-10-21-2)14(19)15-12-6-4-3-5-11(12)13(17)18/h3-6H,7-10H2,1-2H3,(H,15,19)(H,17,18). The van der Waals surface area contributed by atoms with E-state index in [9.17, 15) is 9.59 Å². The van der Waals surface area contributed by atoms with Crippen LogP contribution in [0.25, 0.3) is 0 Å². The van der Waals surface area contributed by atoms with Gasteiger partial charge in [-0.15, -0.1) is 0 Å². The molecule has 0 bridgehead atoms. The van der Waals surface area contributed by atoms with E-state index in [1.165, 1.54) is 11.0 Å². The molecule has 0 fully saturated rings. The van der Waals surface area contributed by atoms with Crippen LogP contribution in [0.15, 0.2) is 24.3 Å². The largest absolute Gasteiger partial charge is 0.478 e. The van der Waals surface area contributed by atoms with Crippen LogP contribution >= 0.6 is 0 Å². The number of urea groups is 1. The molecule has 0 heterocycles. The molecule has 0 spiro atoms. The van der Waals surface area contributed by atoms with Crippen molar-refractivity contribution in [2.24, 2.45) is 0 Å². The van der Waals surface area contributed by atoms with Crippen molar-refractivity contribution < 1.29 is 24.2 Å². The van der Waals surface area contributed by atoms with Crippen molar-refractivity contribution in [2.45, 2.75) is 0 Å². The predicted molar refractivity (Wildman–Crippen MR) is 77.7 cm³/mol. The monoisotopic (exact) mass is 296 g/mol. The molecule has 7 heteroatoms. The highest BCUT2D eigenvalue weighted by atomic mass is 16.5. The van der Waals surface area contributed by atoms with Gasteiger partial charge >= 0.3 is 12.0 Å². The summed E-state index contributed by atoms with van der Waals surface area (Å²) in [5.41, 5.74) is 0.305. The lowest BCUT2D eigenvalue weighted by atomic mass is 10.2. The summed E-state index contributed by atoms with van der Waals surface area (Å²) in [6.45, 7) is 1.55. The summed E-state index contributed by atoms with van der Waals surface area (Å²) < 4.78 is 9.92. The Morgan fingerprint density at radius 2 is 1.71 bits per heavy atom. The lowest BCUT2D eigenvalue weighted by Gasteiger charge is -2.22. The van der Waals surface area contributed by atoms with Gasteiger partial charge in [0, 0.05) is 27.3 Å².